The minimum absolute atomic E-state index is 0.00761. The first-order valence-corrected chi connectivity index (χ1v) is 6.99. The van der Waals surface area contributed by atoms with E-state index in [1.54, 1.807) is 0 Å². The summed E-state index contributed by atoms with van der Waals surface area (Å²) in [4.78, 5) is 27.5. The molecule has 0 aliphatic carbocycles. The summed E-state index contributed by atoms with van der Waals surface area (Å²) in [5.41, 5.74) is 4.94. The van der Waals surface area contributed by atoms with Crippen molar-refractivity contribution < 1.29 is 27.4 Å². The molecule has 1 amide bonds. The van der Waals surface area contributed by atoms with Crippen molar-refractivity contribution in [3.8, 4) is 0 Å². The number of nitrogens with one attached hydrogen (secondary N) is 2. The van der Waals surface area contributed by atoms with E-state index in [2.05, 4.69) is 14.7 Å². The van der Waals surface area contributed by atoms with Crippen LogP contribution in [-0.2, 0) is 16.0 Å². The van der Waals surface area contributed by atoms with E-state index in [4.69, 9.17) is 22.7 Å². The number of aromatic amines is 2. The Balaban J connectivity index is 2.28. The molecule has 2 rings (SSSR count). The van der Waals surface area contributed by atoms with Crippen molar-refractivity contribution in [2.75, 3.05) is 13.2 Å². The molecule has 0 fully saturated rings. The Bertz CT molecular complexity index is 841. The standard InChI is InChI=1S/C12H13F3N4O4S/c13-12(14,15)5-23-6(4-22-10(16)21)3-19-7-1-2-17-8(7)9(20)18-11(19)24/h1-2,6,17H,3-5H2,(H2,16,21)(H,18,20,24). The number of ether oxygens (including phenoxy) is 2. The fraction of sp³-hybridized carbons (Fsp3) is 0.417. The average Bonchev–Trinajstić information content (AvgIpc) is 2.94. The first-order chi connectivity index (χ1) is 11.2. The van der Waals surface area contributed by atoms with Crippen LogP contribution in [0.5, 0.6) is 0 Å². The number of carbonyl (C=O) groups is 1. The molecule has 132 valence electrons. The van der Waals surface area contributed by atoms with Crippen LogP contribution in [0.1, 0.15) is 0 Å². The lowest BCUT2D eigenvalue weighted by Crippen LogP contribution is -2.33. The van der Waals surface area contributed by atoms with Gasteiger partial charge in [-0.15, -0.1) is 0 Å². The van der Waals surface area contributed by atoms with Crippen LogP contribution < -0.4 is 11.3 Å². The van der Waals surface area contributed by atoms with Gasteiger partial charge in [0.1, 0.15) is 24.8 Å². The van der Waals surface area contributed by atoms with E-state index < -0.39 is 37.1 Å². The van der Waals surface area contributed by atoms with Gasteiger partial charge in [-0.25, -0.2) is 4.79 Å². The van der Waals surface area contributed by atoms with Crippen LogP contribution in [-0.4, -0.2) is 46.1 Å². The van der Waals surface area contributed by atoms with Crippen LogP contribution in [0, 0.1) is 4.77 Å². The highest BCUT2D eigenvalue weighted by atomic mass is 32.1. The monoisotopic (exact) mass is 366 g/mol. The third-order valence-corrected chi connectivity index (χ3v) is 3.31. The Labute approximate surface area is 137 Å². The number of aromatic nitrogens is 3. The van der Waals surface area contributed by atoms with Crippen molar-refractivity contribution in [3.63, 3.8) is 0 Å². The molecule has 8 nitrogen and oxygen atoms in total. The highest BCUT2D eigenvalue weighted by Gasteiger charge is 2.30. The van der Waals surface area contributed by atoms with Gasteiger partial charge in [-0.1, -0.05) is 0 Å². The number of nitrogens with two attached hydrogens (primary N) is 1. The van der Waals surface area contributed by atoms with Gasteiger partial charge < -0.3 is 24.8 Å². The third-order valence-electron chi connectivity index (χ3n) is 2.99. The zero-order valence-electron chi connectivity index (χ0n) is 12.1. The van der Waals surface area contributed by atoms with E-state index in [9.17, 15) is 22.8 Å². The molecular weight excluding hydrogens is 353 g/mol. The van der Waals surface area contributed by atoms with Gasteiger partial charge in [0.2, 0.25) is 0 Å². The maximum absolute atomic E-state index is 12.4. The summed E-state index contributed by atoms with van der Waals surface area (Å²) in [6.07, 6.45) is -5.39. The van der Waals surface area contributed by atoms with Crippen LogP contribution in [0.25, 0.3) is 11.0 Å². The second kappa shape index (κ2) is 7.05. The summed E-state index contributed by atoms with van der Waals surface area (Å²) in [5, 5.41) is 0. The predicted octanol–water partition coefficient (Wildman–Crippen LogP) is 1.43. The lowest BCUT2D eigenvalue weighted by molar-refractivity contribution is -0.189. The van der Waals surface area contributed by atoms with Crippen molar-refractivity contribution in [3.05, 3.63) is 27.4 Å². The Hall–Kier alpha value is -2.34. The van der Waals surface area contributed by atoms with Gasteiger partial charge in [-0.3, -0.25) is 9.78 Å². The molecule has 12 heteroatoms. The van der Waals surface area contributed by atoms with Gasteiger partial charge in [0.15, 0.2) is 4.77 Å². The lowest BCUT2D eigenvalue weighted by atomic mass is 10.3. The van der Waals surface area contributed by atoms with E-state index in [1.165, 1.54) is 16.8 Å². The molecule has 0 aliphatic heterocycles. The molecule has 2 heterocycles. The summed E-state index contributed by atoms with van der Waals surface area (Å²) in [7, 11) is 0. The molecular formula is C12H13F3N4O4S. The fourth-order valence-electron chi connectivity index (χ4n) is 2.03. The second-order valence-electron chi connectivity index (χ2n) is 4.79. The molecule has 0 aliphatic rings. The van der Waals surface area contributed by atoms with E-state index >= 15 is 0 Å². The van der Waals surface area contributed by atoms with Crippen molar-refractivity contribution >= 4 is 29.3 Å². The number of hydrogen-bond donors (Lipinski definition) is 3. The molecule has 0 saturated carbocycles. The average molecular weight is 366 g/mol. The molecule has 1 unspecified atom stereocenters. The summed E-state index contributed by atoms with van der Waals surface area (Å²) in [5.74, 6) is 0. The number of carbonyl (C=O) groups excluding carboxylic acids is 1. The van der Waals surface area contributed by atoms with Gasteiger partial charge >= 0.3 is 12.3 Å². The highest BCUT2D eigenvalue weighted by molar-refractivity contribution is 7.71. The largest absolute Gasteiger partial charge is 0.447 e. The van der Waals surface area contributed by atoms with E-state index in [-0.39, 0.29) is 16.8 Å². The molecule has 4 N–H and O–H groups in total. The lowest BCUT2D eigenvalue weighted by Gasteiger charge is -2.20. The number of primary amides is 1. The van der Waals surface area contributed by atoms with Crippen LogP contribution in [0.2, 0.25) is 0 Å². The molecule has 0 spiro atoms. The SMILES string of the molecule is NC(=O)OCC(Cn1c(=S)[nH]c(=O)c2[nH]ccc21)OCC(F)(F)F. The van der Waals surface area contributed by atoms with Crippen LogP contribution in [0.4, 0.5) is 18.0 Å². The van der Waals surface area contributed by atoms with Gasteiger partial charge in [0, 0.05) is 6.20 Å². The second-order valence-corrected chi connectivity index (χ2v) is 5.17. The Kier molecular flexibility index (Phi) is 5.29. The molecule has 0 bridgehead atoms. The quantitative estimate of drug-likeness (QED) is 0.669. The van der Waals surface area contributed by atoms with Gasteiger partial charge in [0.05, 0.1) is 12.1 Å². The smallest absolute Gasteiger partial charge is 0.411 e. The van der Waals surface area contributed by atoms with Crippen molar-refractivity contribution in [2.45, 2.75) is 18.8 Å². The van der Waals surface area contributed by atoms with Crippen LogP contribution >= 0.6 is 12.2 Å². The molecule has 2 aromatic rings. The number of amides is 1. The third kappa shape index (κ3) is 4.58. The van der Waals surface area contributed by atoms with E-state index in [1.807, 2.05) is 0 Å². The van der Waals surface area contributed by atoms with Gasteiger partial charge in [-0.2, -0.15) is 13.2 Å². The molecule has 0 aromatic carbocycles. The first-order valence-electron chi connectivity index (χ1n) is 6.58. The number of rotatable bonds is 6. The molecule has 2 aromatic heterocycles. The molecule has 0 saturated heterocycles. The number of hydrogen-bond acceptors (Lipinski definition) is 5. The van der Waals surface area contributed by atoms with Crippen molar-refractivity contribution in [1.29, 1.82) is 0 Å². The van der Waals surface area contributed by atoms with Crippen molar-refractivity contribution in [2.24, 2.45) is 5.73 Å². The number of H-pyrrole nitrogens is 2. The maximum atomic E-state index is 12.4. The molecule has 24 heavy (non-hydrogen) atoms. The minimum atomic E-state index is -4.55. The summed E-state index contributed by atoms with van der Waals surface area (Å²) in [6.45, 7) is -2.22. The van der Waals surface area contributed by atoms with Gasteiger partial charge in [0.25, 0.3) is 5.56 Å². The number of alkyl halides is 3. The van der Waals surface area contributed by atoms with Crippen molar-refractivity contribution in [1.82, 2.24) is 14.5 Å². The molecule has 0 radical (unpaired) electrons. The maximum Gasteiger partial charge on any atom is 0.411 e. The van der Waals surface area contributed by atoms with Crippen LogP contribution in [0.3, 0.4) is 0 Å². The van der Waals surface area contributed by atoms with E-state index in [0.29, 0.717) is 5.52 Å². The highest BCUT2D eigenvalue weighted by Crippen LogP contribution is 2.17. The summed E-state index contributed by atoms with van der Waals surface area (Å²) in [6, 6.07) is 1.54. The predicted molar refractivity (Wildman–Crippen MR) is 79.1 cm³/mol. The summed E-state index contributed by atoms with van der Waals surface area (Å²) >= 11 is 5.03. The topological polar surface area (TPSA) is 115 Å². The van der Waals surface area contributed by atoms with E-state index in [0.717, 1.165) is 0 Å². The van der Waals surface area contributed by atoms with Crippen LogP contribution in [0.15, 0.2) is 17.1 Å². The fourth-order valence-corrected chi connectivity index (χ4v) is 2.30. The Morgan fingerprint density at radius 1 is 1.46 bits per heavy atom. The van der Waals surface area contributed by atoms with Gasteiger partial charge in [-0.05, 0) is 18.3 Å². The normalized spacial score (nSPS) is 13.1. The molecule has 1 atom stereocenters. The summed E-state index contributed by atoms with van der Waals surface area (Å²) < 4.78 is 47.7. The Morgan fingerprint density at radius 3 is 2.79 bits per heavy atom. The number of fused-ring (bicyclic) bond motifs is 1. The zero-order chi connectivity index (χ0) is 17.9. The number of halogens is 3. The number of nitrogens with zero attached hydrogens (tertiary/aromatic N) is 1. The Morgan fingerprint density at radius 2 is 2.17 bits per heavy atom. The zero-order valence-corrected chi connectivity index (χ0v) is 12.9. The minimum Gasteiger partial charge on any atom is -0.447 e. The first kappa shape index (κ1) is 18.0.